The molecule has 1 aromatic heterocycles. The topological polar surface area (TPSA) is 50.4 Å². The monoisotopic (exact) mass is 244 g/mol. The molecular formula is C15H16O3. The summed E-state index contributed by atoms with van der Waals surface area (Å²) in [6, 6.07) is 3.54. The average Bonchev–Trinajstić information content (AvgIpc) is 2.34. The third-order valence-corrected chi connectivity index (χ3v) is 3.95. The first kappa shape index (κ1) is 11.3. The number of aryl methyl sites for hydroxylation is 1. The minimum Gasteiger partial charge on any atom is -0.508 e. The minimum atomic E-state index is -0.238. The van der Waals surface area contributed by atoms with E-state index in [9.17, 15) is 9.90 Å². The first-order chi connectivity index (χ1) is 8.58. The van der Waals surface area contributed by atoms with E-state index in [2.05, 4.69) is 6.92 Å². The van der Waals surface area contributed by atoms with Crippen molar-refractivity contribution in [3.05, 3.63) is 39.2 Å². The normalized spacial score (nSPS) is 18.9. The quantitative estimate of drug-likeness (QED) is 0.725. The van der Waals surface area contributed by atoms with E-state index in [4.69, 9.17) is 4.42 Å². The van der Waals surface area contributed by atoms with E-state index in [0.29, 0.717) is 17.1 Å². The molecular weight excluding hydrogens is 228 g/mol. The van der Waals surface area contributed by atoms with Crippen LogP contribution in [0.1, 0.15) is 30.0 Å². The molecule has 1 N–H and O–H groups in total. The van der Waals surface area contributed by atoms with Crippen LogP contribution in [-0.2, 0) is 12.8 Å². The van der Waals surface area contributed by atoms with E-state index in [1.165, 1.54) is 0 Å². The number of phenolic OH excluding ortho intramolecular Hbond substituents is 1. The van der Waals surface area contributed by atoms with Gasteiger partial charge in [-0.05, 0) is 49.8 Å². The summed E-state index contributed by atoms with van der Waals surface area (Å²) < 4.78 is 5.39. The highest BCUT2D eigenvalue weighted by Gasteiger charge is 2.22. The summed E-state index contributed by atoms with van der Waals surface area (Å²) in [6.45, 7) is 3.98. The summed E-state index contributed by atoms with van der Waals surface area (Å²) in [4.78, 5) is 12.0. The van der Waals surface area contributed by atoms with Crippen LogP contribution in [0.15, 0.2) is 21.3 Å². The van der Waals surface area contributed by atoms with Gasteiger partial charge in [-0.15, -0.1) is 0 Å². The Morgan fingerprint density at radius 1 is 1.33 bits per heavy atom. The largest absolute Gasteiger partial charge is 0.508 e. The van der Waals surface area contributed by atoms with Gasteiger partial charge in [0.1, 0.15) is 11.3 Å². The van der Waals surface area contributed by atoms with Crippen LogP contribution < -0.4 is 5.63 Å². The first-order valence-corrected chi connectivity index (χ1v) is 6.35. The number of fused-ring (bicyclic) bond motifs is 3. The molecule has 0 saturated heterocycles. The number of benzene rings is 1. The molecule has 1 aromatic carbocycles. The number of aromatic hydroxyl groups is 1. The molecule has 1 atom stereocenters. The molecule has 0 unspecified atom stereocenters. The Balaban J connectivity index is 2.41. The second-order valence-corrected chi connectivity index (χ2v) is 5.28. The van der Waals surface area contributed by atoms with E-state index in [1.807, 2.05) is 6.07 Å². The molecule has 3 rings (SSSR count). The summed E-state index contributed by atoms with van der Waals surface area (Å²) in [7, 11) is 0. The Bertz CT molecular complexity index is 682. The maximum atomic E-state index is 12.0. The fourth-order valence-electron chi connectivity index (χ4n) is 2.82. The van der Waals surface area contributed by atoms with E-state index in [-0.39, 0.29) is 11.4 Å². The van der Waals surface area contributed by atoms with Gasteiger partial charge >= 0.3 is 5.63 Å². The standard InChI is InChI=1S/C15H16O3/c1-8-3-4-11-12(7-8)10-5-6-13(16)9(2)14(10)18-15(11)17/h5-6,8,16H,3-4,7H2,1-2H3/t8-/m0/s1. The predicted molar refractivity (Wildman–Crippen MR) is 70.1 cm³/mol. The van der Waals surface area contributed by atoms with Crippen LogP contribution in [-0.4, -0.2) is 5.11 Å². The van der Waals surface area contributed by atoms with Crippen molar-refractivity contribution in [3.63, 3.8) is 0 Å². The number of rotatable bonds is 0. The lowest BCUT2D eigenvalue weighted by Crippen LogP contribution is -2.20. The number of hydrogen-bond donors (Lipinski definition) is 1. The van der Waals surface area contributed by atoms with Gasteiger partial charge in [0.2, 0.25) is 0 Å². The second kappa shape index (κ2) is 3.87. The molecule has 0 saturated carbocycles. The molecule has 1 aliphatic carbocycles. The van der Waals surface area contributed by atoms with Gasteiger partial charge in [0.05, 0.1) is 0 Å². The van der Waals surface area contributed by atoms with Gasteiger partial charge in [0.15, 0.2) is 0 Å². The van der Waals surface area contributed by atoms with Crippen molar-refractivity contribution in [3.8, 4) is 5.75 Å². The van der Waals surface area contributed by atoms with Gasteiger partial charge in [-0.25, -0.2) is 4.79 Å². The minimum absolute atomic E-state index is 0.175. The molecule has 0 radical (unpaired) electrons. The van der Waals surface area contributed by atoms with Crippen molar-refractivity contribution in [1.29, 1.82) is 0 Å². The summed E-state index contributed by atoms with van der Waals surface area (Å²) in [5, 5.41) is 10.7. The Labute approximate surface area is 105 Å². The molecule has 1 heterocycles. The molecule has 0 aliphatic heterocycles. The van der Waals surface area contributed by atoms with Crippen LogP contribution in [0.2, 0.25) is 0 Å². The van der Waals surface area contributed by atoms with Crippen LogP contribution in [0.3, 0.4) is 0 Å². The Kier molecular flexibility index (Phi) is 2.44. The molecule has 18 heavy (non-hydrogen) atoms. The van der Waals surface area contributed by atoms with Crippen molar-refractivity contribution in [2.24, 2.45) is 5.92 Å². The first-order valence-electron chi connectivity index (χ1n) is 6.35. The van der Waals surface area contributed by atoms with Gasteiger partial charge < -0.3 is 9.52 Å². The van der Waals surface area contributed by atoms with Crippen molar-refractivity contribution < 1.29 is 9.52 Å². The van der Waals surface area contributed by atoms with Gasteiger partial charge in [-0.2, -0.15) is 0 Å². The lowest BCUT2D eigenvalue weighted by molar-refractivity contribution is 0.461. The maximum absolute atomic E-state index is 12.0. The highest BCUT2D eigenvalue weighted by Crippen LogP contribution is 2.33. The van der Waals surface area contributed by atoms with E-state index in [1.54, 1.807) is 13.0 Å². The van der Waals surface area contributed by atoms with Crippen molar-refractivity contribution >= 4 is 11.0 Å². The molecule has 0 fully saturated rings. The molecule has 0 amide bonds. The van der Waals surface area contributed by atoms with Gasteiger partial charge in [0.25, 0.3) is 0 Å². The fourth-order valence-corrected chi connectivity index (χ4v) is 2.82. The van der Waals surface area contributed by atoms with E-state index < -0.39 is 0 Å². The average molecular weight is 244 g/mol. The zero-order valence-corrected chi connectivity index (χ0v) is 10.6. The van der Waals surface area contributed by atoms with Crippen LogP contribution in [0, 0.1) is 12.8 Å². The lowest BCUT2D eigenvalue weighted by atomic mass is 9.84. The summed E-state index contributed by atoms with van der Waals surface area (Å²) in [5.41, 5.74) is 2.88. The molecule has 1 aliphatic rings. The van der Waals surface area contributed by atoms with Crippen LogP contribution in [0.4, 0.5) is 0 Å². The van der Waals surface area contributed by atoms with Crippen molar-refractivity contribution in [2.75, 3.05) is 0 Å². The van der Waals surface area contributed by atoms with Gasteiger partial charge in [-0.1, -0.05) is 6.92 Å². The number of hydrogen-bond acceptors (Lipinski definition) is 3. The molecule has 94 valence electrons. The molecule has 2 aromatic rings. The van der Waals surface area contributed by atoms with Crippen LogP contribution in [0.25, 0.3) is 11.0 Å². The lowest BCUT2D eigenvalue weighted by Gasteiger charge is -2.21. The van der Waals surface area contributed by atoms with Crippen LogP contribution >= 0.6 is 0 Å². The summed E-state index contributed by atoms with van der Waals surface area (Å²) in [5.74, 6) is 0.770. The van der Waals surface area contributed by atoms with Crippen LogP contribution in [0.5, 0.6) is 5.75 Å². The van der Waals surface area contributed by atoms with E-state index in [0.717, 1.165) is 35.8 Å². The highest BCUT2D eigenvalue weighted by atomic mass is 16.4. The Morgan fingerprint density at radius 3 is 2.89 bits per heavy atom. The highest BCUT2D eigenvalue weighted by molar-refractivity contribution is 5.85. The molecule has 0 bridgehead atoms. The van der Waals surface area contributed by atoms with Crippen molar-refractivity contribution in [2.45, 2.75) is 33.1 Å². The zero-order valence-electron chi connectivity index (χ0n) is 10.6. The Morgan fingerprint density at radius 2 is 2.11 bits per heavy atom. The second-order valence-electron chi connectivity index (χ2n) is 5.28. The van der Waals surface area contributed by atoms with Gasteiger partial charge in [0, 0.05) is 16.5 Å². The maximum Gasteiger partial charge on any atom is 0.339 e. The Hall–Kier alpha value is -1.77. The third kappa shape index (κ3) is 1.54. The number of phenols is 1. The SMILES string of the molecule is Cc1c(O)ccc2c3c(c(=O)oc12)CC[C@H](C)C3. The van der Waals surface area contributed by atoms with Crippen molar-refractivity contribution in [1.82, 2.24) is 0 Å². The molecule has 0 spiro atoms. The zero-order chi connectivity index (χ0) is 12.9. The smallest absolute Gasteiger partial charge is 0.339 e. The third-order valence-electron chi connectivity index (χ3n) is 3.95. The van der Waals surface area contributed by atoms with Gasteiger partial charge in [-0.3, -0.25) is 0 Å². The fraction of sp³-hybridized carbons (Fsp3) is 0.400. The predicted octanol–water partition coefficient (Wildman–Crippen LogP) is 2.93. The molecule has 3 nitrogen and oxygen atoms in total. The summed E-state index contributed by atoms with van der Waals surface area (Å²) in [6.07, 6.45) is 2.76. The molecule has 3 heteroatoms. The summed E-state index contributed by atoms with van der Waals surface area (Å²) >= 11 is 0. The van der Waals surface area contributed by atoms with E-state index >= 15 is 0 Å².